The maximum atomic E-state index is 13.1. The minimum absolute atomic E-state index is 0.0203. The Labute approximate surface area is 221 Å². The number of H-pyrrole nitrogens is 1. The summed E-state index contributed by atoms with van der Waals surface area (Å²) in [7, 11) is 0. The lowest BCUT2D eigenvalue weighted by Gasteiger charge is -2.21. The molecule has 0 bridgehead atoms. The van der Waals surface area contributed by atoms with Gasteiger partial charge in [0.25, 0.3) is 11.8 Å². The van der Waals surface area contributed by atoms with Gasteiger partial charge < -0.3 is 29.9 Å². The normalized spacial score (nSPS) is 19.2. The predicted octanol–water partition coefficient (Wildman–Crippen LogP) is 4.19. The molecule has 2 amide bonds. The quantitative estimate of drug-likeness (QED) is 0.386. The number of aliphatic hydroxyl groups is 1. The van der Waals surface area contributed by atoms with E-state index in [2.05, 4.69) is 20.0 Å². The number of anilines is 2. The Hall–Kier alpha value is -3.70. The van der Waals surface area contributed by atoms with Gasteiger partial charge in [-0.3, -0.25) is 9.59 Å². The number of aliphatic hydroxyl groups excluding tert-OH is 1. The first kappa shape index (κ1) is 24.6. The Morgan fingerprint density at radius 3 is 2.61 bits per heavy atom. The number of hydrogen-bond donors (Lipinski definition) is 3. The molecule has 9 nitrogen and oxygen atoms in total. The molecule has 2 fully saturated rings. The van der Waals surface area contributed by atoms with Crippen molar-refractivity contribution in [2.45, 2.75) is 43.5 Å². The van der Waals surface area contributed by atoms with Gasteiger partial charge in [-0.15, -0.1) is 8.78 Å². The summed E-state index contributed by atoms with van der Waals surface area (Å²) in [4.78, 5) is 37.6. The minimum atomic E-state index is -3.83. The van der Waals surface area contributed by atoms with Crippen molar-refractivity contribution in [2.75, 3.05) is 23.3 Å². The number of aromatic amines is 1. The van der Waals surface area contributed by atoms with Gasteiger partial charge in [0, 0.05) is 60.3 Å². The van der Waals surface area contributed by atoms with Crippen LogP contribution in [0.3, 0.4) is 0 Å². The fraction of sp³-hybridized carbons (Fsp3) is 0.346. The highest BCUT2D eigenvalue weighted by atomic mass is 35.5. The summed E-state index contributed by atoms with van der Waals surface area (Å²) >= 11 is 4.79. The first-order chi connectivity index (χ1) is 18.1. The molecule has 12 heteroatoms. The van der Waals surface area contributed by atoms with Crippen LogP contribution in [0.1, 0.15) is 45.7 Å². The second-order valence-corrected chi connectivity index (χ2v) is 10.2. The van der Waals surface area contributed by atoms with Crippen LogP contribution in [0.2, 0.25) is 0 Å². The van der Waals surface area contributed by atoms with E-state index < -0.39 is 17.6 Å². The molecule has 1 aliphatic carbocycles. The summed E-state index contributed by atoms with van der Waals surface area (Å²) in [5.74, 6) is -0.0296. The number of nitrogens with zero attached hydrogens (tertiary/aromatic N) is 3. The number of benzene rings is 1. The molecular weight excluding hydrogens is 520 g/mol. The molecule has 0 radical (unpaired) electrons. The number of fused-ring (bicyclic) bond motifs is 1. The number of amides is 2. The minimum Gasteiger partial charge on any atom is -0.420 e. The molecule has 2 aliphatic heterocycles. The van der Waals surface area contributed by atoms with Crippen LogP contribution in [0, 0.1) is 0 Å². The molecule has 3 N–H and O–H groups in total. The van der Waals surface area contributed by atoms with Crippen LogP contribution in [0.4, 0.5) is 20.3 Å². The van der Waals surface area contributed by atoms with Crippen LogP contribution in [0.15, 0.2) is 42.6 Å². The number of carbonyl (C=O) groups is 2. The molecule has 1 atom stereocenters. The van der Waals surface area contributed by atoms with Gasteiger partial charge in [-0.25, -0.2) is 4.98 Å². The number of halogens is 3. The van der Waals surface area contributed by atoms with E-state index in [1.807, 2.05) is 15.9 Å². The molecule has 38 heavy (non-hydrogen) atoms. The largest absolute Gasteiger partial charge is 0.487 e. The average molecular weight is 544 g/mol. The average Bonchev–Trinajstić information content (AvgIpc) is 3.35. The van der Waals surface area contributed by atoms with Gasteiger partial charge in [-0.2, -0.15) is 0 Å². The number of alkyl halides is 3. The van der Waals surface area contributed by atoms with Gasteiger partial charge >= 0.3 is 5.57 Å². The molecule has 1 saturated carbocycles. The SMILES string of the molecule is O=C(Nc1ccc(OC(F)(F)Cl)cc1)c1cnc(N2CC[C@H](O)C2)c(-c2cc3c([nH]2)C(=O)N(C2CC2)C3)c1. The van der Waals surface area contributed by atoms with Crippen molar-refractivity contribution in [3.8, 4) is 17.0 Å². The van der Waals surface area contributed by atoms with Gasteiger partial charge in [0.05, 0.1) is 17.4 Å². The highest BCUT2D eigenvalue weighted by Gasteiger charge is 2.40. The second-order valence-electron chi connectivity index (χ2n) is 9.76. The highest BCUT2D eigenvalue weighted by molar-refractivity contribution is 6.20. The Balaban J connectivity index is 1.27. The molecule has 2 aromatic heterocycles. The number of pyridine rings is 1. The van der Waals surface area contributed by atoms with E-state index in [-0.39, 0.29) is 17.2 Å². The molecular formula is C26H24ClF2N5O4. The van der Waals surface area contributed by atoms with Crippen LogP contribution in [-0.4, -0.2) is 62.6 Å². The van der Waals surface area contributed by atoms with Crippen LogP contribution < -0.4 is 15.0 Å². The number of carbonyl (C=O) groups excluding carboxylic acids is 2. The smallest absolute Gasteiger partial charge is 0.420 e. The zero-order valence-electron chi connectivity index (χ0n) is 20.1. The first-order valence-electron chi connectivity index (χ1n) is 12.3. The monoisotopic (exact) mass is 543 g/mol. The van der Waals surface area contributed by atoms with Gasteiger partial charge in [-0.1, -0.05) is 0 Å². The lowest BCUT2D eigenvalue weighted by Crippen LogP contribution is -2.26. The van der Waals surface area contributed by atoms with Crippen molar-refractivity contribution in [3.63, 3.8) is 0 Å². The highest BCUT2D eigenvalue weighted by Crippen LogP contribution is 2.38. The molecule has 198 valence electrons. The van der Waals surface area contributed by atoms with Gasteiger partial charge in [0.2, 0.25) is 0 Å². The van der Waals surface area contributed by atoms with Crippen molar-refractivity contribution in [1.82, 2.24) is 14.9 Å². The number of rotatable bonds is 7. The van der Waals surface area contributed by atoms with Crippen molar-refractivity contribution >= 4 is 34.9 Å². The van der Waals surface area contributed by atoms with E-state index >= 15 is 0 Å². The Kier molecular flexibility index (Phi) is 5.99. The third-order valence-electron chi connectivity index (χ3n) is 6.93. The third kappa shape index (κ3) is 4.91. The summed E-state index contributed by atoms with van der Waals surface area (Å²) in [5.41, 5.74) is -0.447. The lowest BCUT2D eigenvalue weighted by atomic mass is 10.1. The standard InChI is InChI=1S/C26H24ClF2N5O4/c27-26(28,29)38-19-5-1-16(2-6-19)31-24(36)14-9-20(23(30-11-14)33-8-7-18(35)13-33)21-10-15-12-34(17-3-4-17)25(37)22(15)32-21/h1-2,5-6,9-11,17-18,32,35H,3-4,7-8,12-13H2,(H,31,36)/t18-/m0/s1. The summed E-state index contributed by atoms with van der Waals surface area (Å²) in [6.45, 7) is 1.57. The maximum absolute atomic E-state index is 13.1. The van der Waals surface area contributed by atoms with E-state index in [9.17, 15) is 23.5 Å². The van der Waals surface area contributed by atoms with E-state index in [1.54, 1.807) is 6.07 Å². The van der Waals surface area contributed by atoms with Crippen molar-refractivity contribution < 1.29 is 28.2 Å². The van der Waals surface area contributed by atoms with E-state index in [4.69, 9.17) is 11.6 Å². The fourth-order valence-electron chi connectivity index (χ4n) is 4.95. The van der Waals surface area contributed by atoms with Crippen LogP contribution >= 0.6 is 11.6 Å². The number of β-amino-alcohol motifs (C(OH)–C–C–N with tert-alkyl or cyclic N) is 1. The second kappa shape index (κ2) is 9.25. The maximum Gasteiger partial charge on any atom is 0.487 e. The van der Waals surface area contributed by atoms with Crippen LogP contribution in [0.5, 0.6) is 5.75 Å². The molecule has 0 unspecified atom stereocenters. The summed E-state index contributed by atoms with van der Waals surface area (Å²) in [6, 6.07) is 9.29. The van der Waals surface area contributed by atoms with E-state index in [0.29, 0.717) is 60.6 Å². The van der Waals surface area contributed by atoms with Crippen molar-refractivity contribution in [2.24, 2.45) is 0 Å². The Bertz CT molecular complexity index is 1400. The number of nitrogens with one attached hydrogen (secondary N) is 2. The van der Waals surface area contributed by atoms with Crippen molar-refractivity contribution in [3.05, 3.63) is 59.4 Å². The summed E-state index contributed by atoms with van der Waals surface area (Å²) in [6.07, 6.45) is 3.64. The van der Waals surface area contributed by atoms with Crippen molar-refractivity contribution in [1.29, 1.82) is 0 Å². The molecule has 1 aromatic carbocycles. The zero-order valence-corrected chi connectivity index (χ0v) is 20.8. The summed E-state index contributed by atoms with van der Waals surface area (Å²) in [5, 5.41) is 12.8. The Morgan fingerprint density at radius 2 is 1.97 bits per heavy atom. The molecule has 6 rings (SSSR count). The molecule has 1 saturated heterocycles. The fourth-order valence-corrected chi connectivity index (χ4v) is 5.04. The molecule has 3 aromatic rings. The zero-order chi connectivity index (χ0) is 26.6. The third-order valence-corrected chi connectivity index (χ3v) is 7.01. The molecule has 3 aliphatic rings. The van der Waals surface area contributed by atoms with Gasteiger partial charge in [0.1, 0.15) is 17.3 Å². The molecule has 0 spiro atoms. The van der Waals surface area contributed by atoms with Crippen LogP contribution in [-0.2, 0) is 6.54 Å². The predicted molar refractivity (Wildman–Crippen MR) is 136 cm³/mol. The number of aromatic nitrogens is 2. The number of ether oxygens (including phenoxy) is 1. The van der Waals surface area contributed by atoms with Gasteiger partial charge in [0.15, 0.2) is 0 Å². The van der Waals surface area contributed by atoms with E-state index in [1.165, 1.54) is 30.5 Å². The van der Waals surface area contributed by atoms with E-state index in [0.717, 1.165) is 18.4 Å². The van der Waals surface area contributed by atoms with Crippen LogP contribution in [0.25, 0.3) is 11.3 Å². The Morgan fingerprint density at radius 1 is 1.21 bits per heavy atom. The number of hydrogen-bond acceptors (Lipinski definition) is 6. The first-order valence-corrected chi connectivity index (χ1v) is 12.7. The van der Waals surface area contributed by atoms with Gasteiger partial charge in [-0.05, 0) is 55.7 Å². The summed E-state index contributed by atoms with van der Waals surface area (Å²) < 4.78 is 30.0. The topological polar surface area (TPSA) is 111 Å². The molecule has 4 heterocycles. The lowest BCUT2D eigenvalue weighted by molar-refractivity contribution is -0.0964.